The molecular weight excluding hydrogens is 176 g/mol. The summed E-state index contributed by atoms with van der Waals surface area (Å²) in [4.78, 5) is 8.75. The van der Waals surface area contributed by atoms with Crippen LogP contribution in [0.1, 0.15) is 16.8 Å². The van der Waals surface area contributed by atoms with Crippen LogP contribution in [0.5, 0.6) is 0 Å². The molecular formula is C11H12N2O. The fraction of sp³-hybridized carbons (Fsp3) is 0.0909. The van der Waals surface area contributed by atoms with Crippen LogP contribution >= 0.6 is 0 Å². The van der Waals surface area contributed by atoms with Crippen LogP contribution in [-0.2, 0) is 4.84 Å². The first-order valence-electron chi connectivity index (χ1n) is 4.14. The quantitative estimate of drug-likeness (QED) is 0.537. The van der Waals surface area contributed by atoms with Crippen molar-refractivity contribution in [2.45, 2.75) is 0 Å². The Morgan fingerprint density at radius 2 is 2.21 bits per heavy atom. The van der Waals surface area contributed by atoms with E-state index in [1.165, 1.54) is 7.11 Å². The monoisotopic (exact) mass is 188 g/mol. The van der Waals surface area contributed by atoms with E-state index in [4.69, 9.17) is 0 Å². The Kier molecular flexibility index (Phi) is 3.61. The van der Waals surface area contributed by atoms with Crippen molar-refractivity contribution in [3.8, 4) is 0 Å². The Labute approximate surface area is 83.4 Å². The average molecular weight is 188 g/mol. The highest BCUT2D eigenvalue weighted by molar-refractivity contribution is 5.86. The minimum absolute atomic E-state index is 0.792. The highest BCUT2D eigenvalue weighted by Crippen LogP contribution is 2.13. The molecule has 72 valence electrons. The number of hydrogen-bond acceptors (Lipinski definition) is 3. The van der Waals surface area contributed by atoms with Gasteiger partial charge >= 0.3 is 0 Å². The molecule has 3 heteroatoms. The smallest absolute Gasteiger partial charge is 0.106 e. The number of hydrogen-bond donors (Lipinski definition) is 0. The molecule has 0 radical (unpaired) electrons. The predicted molar refractivity (Wildman–Crippen MR) is 59.0 cm³/mol. The SMILES string of the molecule is C=Cc1nccc(/C=N/OC)c1C=C. The molecule has 3 nitrogen and oxygen atoms in total. The molecule has 0 amide bonds. The standard InChI is InChI=1S/C11H12N2O/c1-4-10-9(8-13-14-3)6-7-12-11(10)5-2/h4-8H,1-2H2,3H3/b13-8+. The van der Waals surface area contributed by atoms with Gasteiger partial charge < -0.3 is 4.84 Å². The van der Waals surface area contributed by atoms with Crippen molar-refractivity contribution in [1.29, 1.82) is 0 Å². The van der Waals surface area contributed by atoms with Gasteiger partial charge in [0.15, 0.2) is 0 Å². The summed E-state index contributed by atoms with van der Waals surface area (Å²) in [6.07, 6.45) is 6.72. The van der Waals surface area contributed by atoms with E-state index in [0.717, 1.165) is 16.8 Å². The molecule has 0 aliphatic heterocycles. The van der Waals surface area contributed by atoms with Gasteiger partial charge in [-0.05, 0) is 12.1 Å². The van der Waals surface area contributed by atoms with E-state index in [0.29, 0.717) is 0 Å². The van der Waals surface area contributed by atoms with Crippen LogP contribution in [0.15, 0.2) is 30.6 Å². The normalized spacial score (nSPS) is 10.1. The Bertz CT molecular complexity index is 370. The van der Waals surface area contributed by atoms with E-state index < -0.39 is 0 Å². The fourth-order valence-electron chi connectivity index (χ4n) is 1.11. The van der Waals surface area contributed by atoms with Crippen LogP contribution in [-0.4, -0.2) is 18.3 Å². The van der Waals surface area contributed by atoms with Gasteiger partial charge in [-0.15, -0.1) is 0 Å². The first-order valence-corrected chi connectivity index (χ1v) is 4.14. The molecule has 1 rings (SSSR count). The lowest BCUT2D eigenvalue weighted by Crippen LogP contribution is -1.93. The molecule has 1 aromatic heterocycles. The van der Waals surface area contributed by atoms with E-state index in [2.05, 4.69) is 28.1 Å². The van der Waals surface area contributed by atoms with E-state index in [1.807, 2.05) is 6.07 Å². The molecule has 0 saturated carbocycles. The maximum atomic E-state index is 4.61. The molecule has 0 spiro atoms. The van der Waals surface area contributed by atoms with Crippen molar-refractivity contribution in [3.05, 3.63) is 42.2 Å². The lowest BCUT2D eigenvalue weighted by Gasteiger charge is -2.02. The number of rotatable bonds is 4. The summed E-state index contributed by atoms with van der Waals surface area (Å²) in [7, 11) is 1.50. The van der Waals surface area contributed by atoms with Gasteiger partial charge in [0, 0.05) is 17.3 Å². The van der Waals surface area contributed by atoms with E-state index >= 15 is 0 Å². The molecule has 0 aromatic carbocycles. The van der Waals surface area contributed by atoms with Gasteiger partial charge in [-0.1, -0.05) is 24.4 Å². The topological polar surface area (TPSA) is 34.5 Å². The third kappa shape index (κ3) is 2.07. The third-order valence-electron chi connectivity index (χ3n) is 1.75. The van der Waals surface area contributed by atoms with Crippen LogP contribution in [0.3, 0.4) is 0 Å². The molecule has 1 heterocycles. The molecule has 0 N–H and O–H groups in total. The van der Waals surface area contributed by atoms with Gasteiger partial charge in [0.25, 0.3) is 0 Å². The van der Waals surface area contributed by atoms with Gasteiger partial charge in [-0.25, -0.2) is 0 Å². The number of oxime groups is 1. The number of aromatic nitrogens is 1. The first-order chi connectivity index (χ1) is 6.83. The Hall–Kier alpha value is -1.90. The summed E-state index contributed by atoms with van der Waals surface area (Å²) in [6.45, 7) is 7.39. The summed E-state index contributed by atoms with van der Waals surface area (Å²) in [6, 6.07) is 1.84. The lowest BCUT2D eigenvalue weighted by atomic mass is 10.1. The second-order valence-corrected chi connectivity index (χ2v) is 2.52. The summed E-state index contributed by atoms with van der Waals surface area (Å²) < 4.78 is 0. The van der Waals surface area contributed by atoms with Crippen LogP contribution in [0.4, 0.5) is 0 Å². The first kappa shape index (κ1) is 10.2. The molecule has 0 fully saturated rings. The van der Waals surface area contributed by atoms with E-state index in [-0.39, 0.29) is 0 Å². The predicted octanol–water partition coefficient (Wildman–Crippen LogP) is 2.35. The number of nitrogens with zero attached hydrogens (tertiary/aromatic N) is 2. The highest BCUT2D eigenvalue weighted by atomic mass is 16.6. The van der Waals surface area contributed by atoms with Gasteiger partial charge in [0.1, 0.15) is 7.11 Å². The maximum Gasteiger partial charge on any atom is 0.106 e. The Morgan fingerprint density at radius 1 is 1.43 bits per heavy atom. The average Bonchev–Trinajstić information content (AvgIpc) is 2.25. The molecule has 14 heavy (non-hydrogen) atoms. The molecule has 0 aliphatic rings. The zero-order valence-corrected chi connectivity index (χ0v) is 8.10. The van der Waals surface area contributed by atoms with E-state index in [9.17, 15) is 0 Å². The van der Waals surface area contributed by atoms with Crippen LogP contribution in [0.25, 0.3) is 12.2 Å². The summed E-state index contributed by atoms with van der Waals surface area (Å²) >= 11 is 0. The van der Waals surface area contributed by atoms with Crippen molar-refractivity contribution >= 4 is 18.4 Å². The van der Waals surface area contributed by atoms with Crippen LogP contribution in [0, 0.1) is 0 Å². The van der Waals surface area contributed by atoms with Crippen molar-refractivity contribution < 1.29 is 4.84 Å². The minimum atomic E-state index is 0.792. The van der Waals surface area contributed by atoms with E-state index in [1.54, 1.807) is 24.6 Å². The third-order valence-corrected chi connectivity index (χ3v) is 1.75. The van der Waals surface area contributed by atoms with Crippen molar-refractivity contribution in [2.75, 3.05) is 7.11 Å². The summed E-state index contributed by atoms with van der Waals surface area (Å²) in [5, 5.41) is 3.69. The minimum Gasteiger partial charge on any atom is -0.399 e. The highest BCUT2D eigenvalue weighted by Gasteiger charge is 2.01. The Balaban J connectivity index is 3.21. The zero-order valence-electron chi connectivity index (χ0n) is 8.10. The van der Waals surface area contributed by atoms with Gasteiger partial charge in [-0.2, -0.15) is 0 Å². The largest absolute Gasteiger partial charge is 0.399 e. The molecule has 1 aromatic rings. The lowest BCUT2D eigenvalue weighted by molar-refractivity contribution is 0.215. The molecule has 0 saturated heterocycles. The van der Waals surface area contributed by atoms with Gasteiger partial charge in [0.05, 0.1) is 11.9 Å². The Morgan fingerprint density at radius 3 is 2.79 bits per heavy atom. The fourth-order valence-corrected chi connectivity index (χ4v) is 1.11. The second kappa shape index (κ2) is 4.97. The molecule has 0 aliphatic carbocycles. The molecule has 0 unspecified atom stereocenters. The summed E-state index contributed by atoms with van der Waals surface area (Å²) in [5.41, 5.74) is 2.61. The van der Waals surface area contributed by atoms with Crippen molar-refractivity contribution in [1.82, 2.24) is 4.98 Å². The summed E-state index contributed by atoms with van der Waals surface area (Å²) in [5.74, 6) is 0. The van der Waals surface area contributed by atoms with Crippen molar-refractivity contribution in [3.63, 3.8) is 0 Å². The number of pyridine rings is 1. The van der Waals surface area contributed by atoms with Gasteiger partial charge in [0.2, 0.25) is 0 Å². The maximum absolute atomic E-state index is 4.61. The van der Waals surface area contributed by atoms with Gasteiger partial charge in [-0.3, -0.25) is 4.98 Å². The zero-order chi connectivity index (χ0) is 10.4. The second-order valence-electron chi connectivity index (χ2n) is 2.52. The van der Waals surface area contributed by atoms with Crippen molar-refractivity contribution in [2.24, 2.45) is 5.16 Å². The molecule has 0 bridgehead atoms. The molecule has 0 atom stereocenters. The van der Waals surface area contributed by atoms with Crippen LogP contribution < -0.4 is 0 Å². The van der Waals surface area contributed by atoms with Crippen LogP contribution in [0.2, 0.25) is 0 Å².